The van der Waals surface area contributed by atoms with E-state index >= 15 is 0 Å². The van der Waals surface area contributed by atoms with Gasteiger partial charge < -0.3 is 11.6 Å². The normalized spacial score (nSPS) is 12.2. The molecule has 1 aromatic heterocycles. The molecule has 3 aromatic carbocycles. The molecule has 4 aromatic rings. The molecule has 146 valence electrons. The highest BCUT2D eigenvalue weighted by Crippen LogP contribution is 2.15. The Morgan fingerprint density at radius 2 is 1.40 bits per heavy atom. The van der Waals surface area contributed by atoms with Crippen LogP contribution in [0.5, 0.6) is 0 Å². The number of hydrogen-bond donors (Lipinski definition) is 2. The van der Waals surface area contributed by atoms with Crippen molar-refractivity contribution in [1.29, 1.82) is 0 Å². The van der Waals surface area contributed by atoms with Crippen molar-refractivity contribution in [3.8, 4) is 0 Å². The molecule has 0 spiro atoms. The van der Waals surface area contributed by atoms with Gasteiger partial charge in [-0.05, 0) is 41.0 Å². The van der Waals surface area contributed by atoms with E-state index in [1.165, 1.54) is 0 Å². The van der Waals surface area contributed by atoms with Gasteiger partial charge in [0, 0.05) is 10.9 Å². The summed E-state index contributed by atoms with van der Waals surface area (Å²) in [6.45, 7) is 0. The van der Waals surface area contributed by atoms with Crippen molar-refractivity contribution in [1.82, 2.24) is 4.98 Å². The summed E-state index contributed by atoms with van der Waals surface area (Å²) in [5.74, 6) is 5.58. The molecule has 0 radical (unpaired) electrons. The van der Waals surface area contributed by atoms with Gasteiger partial charge in [-0.25, -0.2) is 4.98 Å². The van der Waals surface area contributed by atoms with E-state index in [4.69, 9.17) is 11.6 Å². The van der Waals surface area contributed by atoms with Crippen molar-refractivity contribution in [3.63, 3.8) is 0 Å². The number of pyridine rings is 1. The number of rotatable bonds is 5. The molecule has 30 heavy (non-hydrogen) atoms. The number of amidine groups is 1. The fraction of sp³-hybridized carbons (Fsp3) is 0. The molecule has 4 nitrogen and oxygen atoms in total. The maximum atomic E-state index is 5.77. The lowest BCUT2D eigenvalue weighted by molar-refractivity contribution is 1.23. The first-order valence-corrected chi connectivity index (χ1v) is 9.67. The highest BCUT2D eigenvalue weighted by molar-refractivity contribution is 5.97. The van der Waals surface area contributed by atoms with Gasteiger partial charge >= 0.3 is 0 Å². The summed E-state index contributed by atoms with van der Waals surface area (Å²) >= 11 is 0. The highest BCUT2D eigenvalue weighted by atomic mass is 15.1. The Bertz CT molecular complexity index is 1250. The third-order valence-corrected chi connectivity index (χ3v) is 4.79. The van der Waals surface area contributed by atoms with Crippen LogP contribution in [0, 0.1) is 0 Å². The molecule has 0 aliphatic heterocycles. The lowest BCUT2D eigenvalue weighted by atomic mass is 10.1. The summed E-state index contributed by atoms with van der Waals surface area (Å²) in [4.78, 5) is 4.67. The monoisotopic (exact) mass is 390 g/mol. The van der Waals surface area contributed by atoms with E-state index in [1.807, 2.05) is 60.7 Å². The zero-order valence-electron chi connectivity index (χ0n) is 16.4. The molecule has 1 heterocycles. The van der Waals surface area contributed by atoms with Crippen molar-refractivity contribution in [2.24, 2.45) is 16.7 Å². The van der Waals surface area contributed by atoms with E-state index < -0.39 is 0 Å². The first-order valence-electron chi connectivity index (χ1n) is 9.67. The Morgan fingerprint density at radius 1 is 0.700 bits per heavy atom. The molecule has 0 aliphatic carbocycles. The summed E-state index contributed by atoms with van der Waals surface area (Å²) in [5, 5.41) is 4.69. The Balaban J connectivity index is 1.46. The summed E-state index contributed by atoms with van der Waals surface area (Å²) < 4.78 is 0. The Hall–Kier alpha value is -4.18. The number of aromatic nitrogens is 1. The quantitative estimate of drug-likeness (QED) is 0.163. The lowest BCUT2D eigenvalue weighted by Gasteiger charge is -2.01. The average Bonchev–Trinajstić information content (AvgIpc) is 2.81. The van der Waals surface area contributed by atoms with Crippen LogP contribution in [-0.4, -0.2) is 10.8 Å². The Kier molecular flexibility index (Phi) is 5.67. The summed E-state index contributed by atoms with van der Waals surface area (Å²) in [7, 11) is 0. The van der Waals surface area contributed by atoms with E-state index in [0.717, 1.165) is 38.9 Å². The number of hydrogen-bond acceptors (Lipinski definition) is 3. The molecule has 0 unspecified atom stereocenters. The van der Waals surface area contributed by atoms with Crippen LogP contribution in [0.2, 0.25) is 0 Å². The minimum Gasteiger partial charge on any atom is -0.382 e. The SMILES string of the molecule is N/N=C(\N)c1cccc(/C=C/c2ccc(/C=C/c3ccc4ccccc4n3)cc2)c1. The predicted molar refractivity (Wildman–Crippen MR) is 127 cm³/mol. The minimum absolute atomic E-state index is 0.322. The smallest absolute Gasteiger partial charge is 0.150 e. The van der Waals surface area contributed by atoms with Crippen LogP contribution in [-0.2, 0) is 0 Å². The number of nitrogens with two attached hydrogens (primary N) is 2. The molecule has 0 aliphatic rings. The van der Waals surface area contributed by atoms with Gasteiger partial charge in [0.1, 0.15) is 5.84 Å². The van der Waals surface area contributed by atoms with Gasteiger partial charge in [-0.15, -0.1) is 0 Å². The largest absolute Gasteiger partial charge is 0.382 e. The first-order chi connectivity index (χ1) is 14.7. The highest BCUT2D eigenvalue weighted by Gasteiger charge is 1.98. The second kappa shape index (κ2) is 8.88. The van der Waals surface area contributed by atoms with E-state index in [2.05, 4.69) is 58.6 Å². The number of benzene rings is 3. The second-order valence-electron chi connectivity index (χ2n) is 6.90. The van der Waals surface area contributed by atoms with Gasteiger partial charge in [0.2, 0.25) is 0 Å². The van der Waals surface area contributed by atoms with Crippen LogP contribution in [0.3, 0.4) is 0 Å². The summed E-state index contributed by atoms with van der Waals surface area (Å²) in [5.41, 5.74) is 11.8. The third kappa shape index (κ3) is 4.62. The molecule has 0 fully saturated rings. The fourth-order valence-electron chi connectivity index (χ4n) is 3.14. The molecular formula is C26H22N4. The van der Waals surface area contributed by atoms with Crippen LogP contribution < -0.4 is 11.6 Å². The summed E-state index contributed by atoms with van der Waals surface area (Å²) in [6, 6.07) is 28.4. The average molecular weight is 390 g/mol. The van der Waals surface area contributed by atoms with Crippen LogP contribution >= 0.6 is 0 Å². The fourth-order valence-corrected chi connectivity index (χ4v) is 3.14. The maximum Gasteiger partial charge on any atom is 0.150 e. The summed E-state index contributed by atoms with van der Waals surface area (Å²) in [6.07, 6.45) is 8.21. The minimum atomic E-state index is 0.322. The number of fused-ring (bicyclic) bond motifs is 1. The van der Waals surface area contributed by atoms with Gasteiger partial charge in [0.15, 0.2) is 0 Å². The van der Waals surface area contributed by atoms with Gasteiger partial charge in [0.05, 0.1) is 11.2 Å². The molecule has 0 bridgehead atoms. The van der Waals surface area contributed by atoms with E-state index in [0.29, 0.717) is 5.84 Å². The van der Waals surface area contributed by atoms with E-state index in [-0.39, 0.29) is 0 Å². The molecular weight excluding hydrogens is 368 g/mol. The first kappa shape index (κ1) is 19.2. The molecule has 0 atom stereocenters. The molecule has 0 amide bonds. The van der Waals surface area contributed by atoms with Crippen molar-refractivity contribution in [2.75, 3.05) is 0 Å². The van der Waals surface area contributed by atoms with Gasteiger partial charge in [-0.2, -0.15) is 5.10 Å². The predicted octanol–water partition coefficient (Wildman–Crippen LogP) is 5.15. The maximum absolute atomic E-state index is 5.77. The van der Waals surface area contributed by atoms with Crippen LogP contribution in [0.15, 0.2) is 90.0 Å². The zero-order valence-corrected chi connectivity index (χ0v) is 16.4. The Labute approximate surface area is 175 Å². The van der Waals surface area contributed by atoms with Gasteiger partial charge in [0.25, 0.3) is 0 Å². The third-order valence-electron chi connectivity index (χ3n) is 4.79. The van der Waals surface area contributed by atoms with Crippen LogP contribution in [0.1, 0.15) is 27.9 Å². The zero-order chi connectivity index (χ0) is 20.8. The number of nitrogens with zero attached hydrogens (tertiary/aromatic N) is 2. The molecule has 4 N–H and O–H groups in total. The van der Waals surface area contributed by atoms with Crippen molar-refractivity contribution in [2.45, 2.75) is 0 Å². The topological polar surface area (TPSA) is 77.3 Å². The lowest BCUT2D eigenvalue weighted by Crippen LogP contribution is -2.15. The molecule has 4 heteroatoms. The second-order valence-corrected chi connectivity index (χ2v) is 6.90. The molecule has 4 rings (SSSR count). The van der Waals surface area contributed by atoms with E-state index in [9.17, 15) is 0 Å². The molecule has 0 saturated heterocycles. The van der Waals surface area contributed by atoms with Gasteiger partial charge in [-0.1, -0.05) is 85.0 Å². The van der Waals surface area contributed by atoms with Crippen molar-refractivity contribution >= 4 is 41.0 Å². The number of para-hydroxylation sites is 1. The van der Waals surface area contributed by atoms with Crippen LogP contribution in [0.4, 0.5) is 0 Å². The van der Waals surface area contributed by atoms with Crippen molar-refractivity contribution < 1.29 is 0 Å². The Morgan fingerprint density at radius 3 is 2.17 bits per heavy atom. The molecule has 0 saturated carbocycles. The van der Waals surface area contributed by atoms with E-state index in [1.54, 1.807) is 0 Å². The van der Waals surface area contributed by atoms with Crippen LogP contribution in [0.25, 0.3) is 35.2 Å². The van der Waals surface area contributed by atoms with Gasteiger partial charge in [-0.3, -0.25) is 0 Å². The van der Waals surface area contributed by atoms with Crippen molar-refractivity contribution in [3.05, 3.63) is 113 Å². The standard InChI is InChI=1S/C26H22N4/c27-26(30-28)23-6-3-4-21(18-23)13-12-19-8-10-20(11-9-19)14-16-24-17-15-22-5-1-2-7-25(22)29-24/h1-18H,28H2,(H2,27,30)/b13-12+,16-14+. The number of hydrazone groups is 1.